The minimum absolute atomic E-state index is 0.0867. The van der Waals surface area contributed by atoms with Gasteiger partial charge in [0, 0.05) is 30.6 Å². The molecule has 4 aliphatic carbocycles. The molecule has 4 rings (SSSR count). The molecule has 0 amide bonds. The van der Waals surface area contributed by atoms with E-state index in [-0.39, 0.29) is 23.0 Å². The first-order valence-electron chi connectivity index (χ1n) is 8.86. The van der Waals surface area contributed by atoms with Gasteiger partial charge in [0.25, 0.3) is 0 Å². The smallest absolute Gasteiger partial charge is 0.155 e. The van der Waals surface area contributed by atoms with Crippen LogP contribution in [-0.2, 0) is 14.4 Å². The molecule has 3 nitrogen and oxygen atoms in total. The molecule has 0 radical (unpaired) electrons. The molecule has 3 fully saturated rings. The van der Waals surface area contributed by atoms with Crippen LogP contribution in [0.15, 0.2) is 11.6 Å². The summed E-state index contributed by atoms with van der Waals surface area (Å²) >= 11 is 0. The molecule has 0 bridgehead atoms. The van der Waals surface area contributed by atoms with Crippen LogP contribution in [0.5, 0.6) is 0 Å². The Hall–Kier alpha value is -1.25. The fourth-order valence-electron chi connectivity index (χ4n) is 6.15. The van der Waals surface area contributed by atoms with Gasteiger partial charge in [-0.1, -0.05) is 12.5 Å². The maximum atomic E-state index is 13.0. The number of rotatable bonds is 1. The van der Waals surface area contributed by atoms with E-state index >= 15 is 0 Å². The minimum atomic E-state index is -0.343. The molecular formula is C19H24O3. The molecule has 0 aromatic heterocycles. The number of hydrogen-bond acceptors (Lipinski definition) is 3. The van der Waals surface area contributed by atoms with Crippen LogP contribution in [0, 0.1) is 29.1 Å². The second-order valence-corrected chi connectivity index (χ2v) is 7.78. The quantitative estimate of drug-likeness (QED) is 0.747. The molecule has 0 saturated heterocycles. The standard InChI is InChI=1S/C19H24O3/c1-2-19-10-16(21)18-13-6-4-12(20)9-11(13)3-5-14(18)15(19)7-8-17(19)22/h9,13-15,18H,2-8,10H2,1H3/t13?,14?,15?,18?,19-/m0/s1. The number of fused-ring (bicyclic) bond motifs is 5. The second kappa shape index (κ2) is 4.87. The predicted molar refractivity (Wildman–Crippen MR) is 82.1 cm³/mol. The molecule has 22 heavy (non-hydrogen) atoms. The van der Waals surface area contributed by atoms with Gasteiger partial charge in [0.1, 0.15) is 11.6 Å². The highest BCUT2D eigenvalue weighted by Gasteiger charge is 2.60. The lowest BCUT2D eigenvalue weighted by atomic mass is 9.51. The summed E-state index contributed by atoms with van der Waals surface area (Å²) in [5.41, 5.74) is 0.878. The van der Waals surface area contributed by atoms with Crippen molar-refractivity contribution in [3.63, 3.8) is 0 Å². The van der Waals surface area contributed by atoms with E-state index in [1.165, 1.54) is 5.57 Å². The SMILES string of the molecule is CC[C@]12CC(=O)C3C4CCC(=O)C=C4CCC3C1CCC2=O. The van der Waals surface area contributed by atoms with Gasteiger partial charge in [-0.05, 0) is 55.9 Å². The number of ketones is 3. The summed E-state index contributed by atoms with van der Waals surface area (Å²) < 4.78 is 0. The third kappa shape index (κ3) is 1.77. The van der Waals surface area contributed by atoms with Crippen molar-refractivity contribution in [1.82, 2.24) is 0 Å². The third-order valence-electron chi connectivity index (χ3n) is 7.14. The van der Waals surface area contributed by atoms with E-state index < -0.39 is 0 Å². The van der Waals surface area contributed by atoms with Crippen molar-refractivity contribution in [1.29, 1.82) is 0 Å². The van der Waals surface area contributed by atoms with Crippen LogP contribution in [0.4, 0.5) is 0 Å². The molecule has 0 aliphatic heterocycles. The van der Waals surface area contributed by atoms with E-state index in [2.05, 4.69) is 6.92 Å². The number of carbonyl (C=O) groups excluding carboxylic acids is 3. The molecule has 0 spiro atoms. The number of carbonyl (C=O) groups is 3. The molecule has 4 aliphatic rings. The summed E-state index contributed by atoms with van der Waals surface area (Å²) in [6.07, 6.45) is 8.13. The first-order valence-corrected chi connectivity index (χ1v) is 8.86. The summed E-state index contributed by atoms with van der Waals surface area (Å²) in [6.45, 7) is 2.08. The number of allylic oxidation sites excluding steroid dienone is 1. The number of Topliss-reactive ketones (excluding diaryl/α,β-unsaturated/α-hetero) is 2. The highest BCUT2D eigenvalue weighted by atomic mass is 16.1. The highest BCUT2D eigenvalue weighted by molar-refractivity contribution is 5.96. The average Bonchev–Trinajstić information content (AvgIpc) is 2.84. The maximum Gasteiger partial charge on any atom is 0.155 e. The largest absolute Gasteiger partial charge is 0.299 e. The summed E-state index contributed by atoms with van der Waals surface area (Å²) in [7, 11) is 0. The van der Waals surface area contributed by atoms with E-state index in [9.17, 15) is 14.4 Å². The first-order chi connectivity index (χ1) is 10.6. The van der Waals surface area contributed by atoms with Gasteiger partial charge in [-0.2, -0.15) is 0 Å². The van der Waals surface area contributed by atoms with Crippen molar-refractivity contribution in [2.75, 3.05) is 0 Å². The van der Waals surface area contributed by atoms with Crippen molar-refractivity contribution in [3.8, 4) is 0 Å². The van der Waals surface area contributed by atoms with Gasteiger partial charge in [0.2, 0.25) is 0 Å². The molecule has 0 aromatic carbocycles. The van der Waals surface area contributed by atoms with Gasteiger partial charge >= 0.3 is 0 Å². The Balaban J connectivity index is 1.72. The Morgan fingerprint density at radius 1 is 1.09 bits per heavy atom. The lowest BCUT2D eigenvalue weighted by Crippen LogP contribution is -2.52. The summed E-state index contributed by atoms with van der Waals surface area (Å²) in [6, 6.07) is 0. The van der Waals surface area contributed by atoms with Crippen molar-refractivity contribution in [3.05, 3.63) is 11.6 Å². The Kier molecular flexibility index (Phi) is 3.18. The third-order valence-corrected chi connectivity index (χ3v) is 7.14. The van der Waals surface area contributed by atoms with Gasteiger partial charge in [-0.25, -0.2) is 0 Å². The fraction of sp³-hybridized carbons (Fsp3) is 0.737. The maximum absolute atomic E-state index is 13.0. The van der Waals surface area contributed by atoms with Crippen molar-refractivity contribution < 1.29 is 14.4 Å². The minimum Gasteiger partial charge on any atom is -0.299 e. The highest BCUT2D eigenvalue weighted by Crippen LogP contribution is 2.60. The van der Waals surface area contributed by atoms with Gasteiger partial charge in [0.15, 0.2) is 5.78 Å². The summed E-state index contributed by atoms with van der Waals surface area (Å²) in [4.78, 5) is 37.1. The Labute approximate surface area is 131 Å². The molecule has 118 valence electrons. The van der Waals surface area contributed by atoms with Crippen LogP contribution in [0.2, 0.25) is 0 Å². The lowest BCUT2D eigenvalue weighted by molar-refractivity contribution is -0.147. The van der Waals surface area contributed by atoms with Crippen LogP contribution in [0.3, 0.4) is 0 Å². The first kappa shape index (κ1) is 14.3. The van der Waals surface area contributed by atoms with Crippen LogP contribution >= 0.6 is 0 Å². The van der Waals surface area contributed by atoms with Crippen LogP contribution in [0.1, 0.15) is 58.3 Å². The monoisotopic (exact) mass is 300 g/mol. The second-order valence-electron chi connectivity index (χ2n) is 7.78. The Morgan fingerprint density at radius 3 is 2.68 bits per heavy atom. The van der Waals surface area contributed by atoms with E-state index in [1.807, 2.05) is 6.08 Å². The van der Waals surface area contributed by atoms with E-state index in [1.54, 1.807) is 0 Å². The molecule has 5 atom stereocenters. The van der Waals surface area contributed by atoms with Crippen LogP contribution in [0.25, 0.3) is 0 Å². The Bertz CT molecular complexity index is 587. The van der Waals surface area contributed by atoms with Crippen molar-refractivity contribution in [2.24, 2.45) is 29.1 Å². The molecule has 4 unspecified atom stereocenters. The molecule has 3 heteroatoms. The zero-order chi connectivity index (χ0) is 15.5. The van der Waals surface area contributed by atoms with Gasteiger partial charge in [0.05, 0.1) is 0 Å². The molecule has 3 saturated carbocycles. The van der Waals surface area contributed by atoms with Gasteiger partial charge < -0.3 is 0 Å². The summed E-state index contributed by atoms with van der Waals surface area (Å²) in [5.74, 6) is 2.04. The van der Waals surface area contributed by atoms with E-state index in [0.717, 1.165) is 32.1 Å². The normalized spacial score (nSPS) is 44.2. The zero-order valence-corrected chi connectivity index (χ0v) is 13.3. The molecular weight excluding hydrogens is 276 g/mol. The molecule has 0 N–H and O–H groups in total. The van der Waals surface area contributed by atoms with Crippen molar-refractivity contribution >= 4 is 17.3 Å². The predicted octanol–water partition coefficient (Wildman–Crippen LogP) is 3.27. The van der Waals surface area contributed by atoms with E-state index in [4.69, 9.17) is 0 Å². The fourth-order valence-corrected chi connectivity index (χ4v) is 6.15. The average molecular weight is 300 g/mol. The van der Waals surface area contributed by atoms with Crippen molar-refractivity contribution in [2.45, 2.75) is 58.3 Å². The van der Waals surface area contributed by atoms with Crippen LogP contribution < -0.4 is 0 Å². The topological polar surface area (TPSA) is 51.2 Å². The number of hydrogen-bond donors (Lipinski definition) is 0. The van der Waals surface area contributed by atoms with Gasteiger partial charge in [-0.3, -0.25) is 14.4 Å². The molecule has 0 aromatic rings. The Morgan fingerprint density at radius 2 is 1.91 bits per heavy atom. The van der Waals surface area contributed by atoms with Gasteiger partial charge in [-0.15, -0.1) is 0 Å². The lowest BCUT2D eigenvalue weighted by Gasteiger charge is -2.51. The van der Waals surface area contributed by atoms with E-state index in [0.29, 0.717) is 42.7 Å². The molecule has 0 heterocycles. The zero-order valence-electron chi connectivity index (χ0n) is 13.3. The van der Waals surface area contributed by atoms with Crippen LogP contribution in [-0.4, -0.2) is 17.3 Å². The summed E-state index contributed by atoms with van der Waals surface area (Å²) in [5, 5.41) is 0.